The lowest BCUT2D eigenvalue weighted by atomic mass is 10.2. The first kappa shape index (κ1) is 12.2. The van der Waals surface area contributed by atoms with Crippen LogP contribution in [0, 0.1) is 17.5 Å². The van der Waals surface area contributed by atoms with Crippen LogP contribution in [0.2, 0.25) is 0 Å². The van der Waals surface area contributed by atoms with Crippen molar-refractivity contribution in [2.45, 2.75) is 0 Å². The second-order valence-electron chi connectivity index (χ2n) is 3.91. The minimum atomic E-state index is -1.57. The van der Waals surface area contributed by atoms with Crippen LogP contribution >= 0.6 is 0 Å². The molecule has 0 aliphatic carbocycles. The van der Waals surface area contributed by atoms with Crippen molar-refractivity contribution in [3.05, 3.63) is 35.8 Å². The van der Waals surface area contributed by atoms with Crippen molar-refractivity contribution in [2.24, 2.45) is 0 Å². The van der Waals surface area contributed by atoms with Crippen LogP contribution in [0.5, 0.6) is 0 Å². The number of hydrogen-bond donors (Lipinski definition) is 3. The largest absolute Gasteiger partial charge is 0.368 e. The number of rotatable bonds is 2. The molecule has 0 fully saturated rings. The fourth-order valence-electron chi connectivity index (χ4n) is 1.70. The lowest BCUT2D eigenvalue weighted by Gasteiger charge is -2.08. The van der Waals surface area contributed by atoms with Crippen LogP contribution in [0.1, 0.15) is 0 Å². The summed E-state index contributed by atoms with van der Waals surface area (Å²) in [5, 5.41) is 9.29. The Morgan fingerprint density at radius 1 is 1.10 bits per heavy atom. The minimum absolute atomic E-state index is 0.0766. The maximum absolute atomic E-state index is 13.6. The van der Waals surface area contributed by atoms with E-state index in [4.69, 9.17) is 5.73 Å². The first-order chi connectivity index (χ1) is 9.56. The quantitative estimate of drug-likeness (QED) is 0.625. The lowest BCUT2D eigenvalue weighted by Crippen LogP contribution is -2.03. The Morgan fingerprint density at radius 2 is 1.90 bits per heavy atom. The van der Waals surface area contributed by atoms with E-state index in [2.05, 4.69) is 25.5 Å². The number of nitrogen functional groups attached to an aromatic ring is 1. The highest BCUT2D eigenvalue weighted by molar-refractivity contribution is 5.88. The number of H-pyrrole nitrogens is 1. The average molecular weight is 280 g/mol. The monoisotopic (exact) mass is 280 g/mol. The Labute approximate surface area is 109 Å². The molecule has 2 heterocycles. The summed E-state index contributed by atoms with van der Waals surface area (Å²) in [5.41, 5.74) is 5.55. The first-order valence-corrected chi connectivity index (χ1v) is 5.43. The highest BCUT2D eigenvalue weighted by Crippen LogP contribution is 2.26. The van der Waals surface area contributed by atoms with Crippen LogP contribution in [0.15, 0.2) is 18.3 Å². The number of nitrogens with zero attached hydrogens (tertiary/aromatic N) is 3. The molecule has 0 radical (unpaired) electrons. The molecule has 20 heavy (non-hydrogen) atoms. The third-order valence-electron chi connectivity index (χ3n) is 2.62. The fourth-order valence-corrected chi connectivity index (χ4v) is 1.70. The SMILES string of the molecule is Nc1nc(Nc2ccc(F)c(F)c2F)c2cn[nH]c2n1. The van der Waals surface area contributed by atoms with Gasteiger partial charge in [0.05, 0.1) is 17.3 Å². The molecule has 3 rings (SSSR count). The van der Waals surface area contributed by atoms with Crippen LogP contribution in [-0.4, -0.2) is 20.2 Å². The van der Waals surface area contributed by atoms with Gasteiger partial charge in [-0.05, 0) is 12.1 Å². The molecule has 0 bridgehead atoms. The smallest absolute Gasteiger partial charge is 0.224 e. The van der Waals surface area contributed by atoms with Crippen LogP contribution < -0.4 is 11.1 Å². The van der Waals surface area contributed by atoms with Crippen molar-refractivity contribution >= 4 is 28.5 Å². The zero-order valence-electron chi connectivity index (χ0n) is 9.78. The van der Waals surface area contributed by atoms with Gasteiger partial charge >= 0.3 is 0 Å². The summed E-state index contributed by atoms with van der Waals surface area (Å²) < 4.78 is 39.6. The molecule has 0 saturated carbocycles. The number of anilines is 3. The summed E-state index contributed by atoms with van der Waals surface area (Å²) in [7, 11) is 0. The van der Waals surface area contributed by atoms with Gasteiger partial charge in [0.25, 0.3) is 0 Å². The third kappa shape index (κ3) is 1.88. The van der Waals surface area contributed by atoms with E-state index in [1.165, 1.54) is 6.20 Å². The summed E-state index contributed by atoms with van der Waals surface area (Å²) in [4.78, 5) is 7.75. The number of aromatic amines is 1. The van der Waals surface area contributed by atoms with Gasteiger partial charge in [0.2, 0.25) is 5.95 Å². The summed E-state index contributed by atoms with van der Waals surface area (Å²) in [6.45, 7) is 0. The average Bonchev–Trinajstić information content (AvgIpc) is 2.87. The van der Waals surface area contributed by atoms with Crippen LogP contribution in [0.4, 0.5) is 30.6 Å². The standard InChI is InChI=1S/C11H7F3N6/c12-5-1-2-6(8(14)7(5)13)17-9-4-3-16-20-10(4)19-11(15)18-9/h1-3H,(H4,15,16,17,18,19,20). The number of halogens is 3. The fraction of sp³-hybridized carbons (Fsp3) is 0. The van der Waals surface area contributed by atoms with Gasteiger partial charge < -0.3 is 11.1 Å². The molecule has 9 heteroatoms. The van der Waals surface area contributed by atoms with Gasteiger partial charge in [0, 0.05) is 0 Å². The van der Waals surface area contributed by atoms with E-state index in [0.717, 1.165) is 12.1 Å². The zero-order chi connectivity index (χ0) is 14.3. The summed E-state index contributed by atoms with van der Waals surface area (Å²) in [6.07, 6.45) is 1.40. The Kier molecular flexibility index (Phi) is 2.67. The lowest BCUT2D eigenvalue weighted by molar-refractivity contribution is 0.449. The second kappa shape index (κ2) is 4.37. The van der Waals surface area contributed by atoms with E-state index in [9.17, 15) is 13.2 Å². The zero-order valence-corrected chi connectivity index (χ0v) is 9.78. The Balaban J connectivity index is 2.10. The second-order valence-corrected chi connectivity index (χ2v) is 3.91. The topological polar surface area (TPSA) is 92.5 Å². The van der Waals surface area contributed by atoms with Crippen molar-refractivity contribution < 1.29 is 13.2 Å². The van der Waals surface area contributed by atoms with E-state index in [1.54, 1.807) is 0 Å². The van der Waals surface area contributed by atoms with Crippen molar-refractivity contribution in [2.75, 3.05) is 11.1 Å². The highest BCUT2D eigenvalue weighted by atomic mass is 19.2. The number of hydrogen-bond acceptors (Lipinski definition) is 5. The molecule has 1 aromatic carbocycles. The molecule has 0 spiro atoms. The summed E-state index contributed by atoms with van der Waals surface area (Å²) >= 11 is 0. The Hall–Kier alpha value is -2.84. The molecular weight excluding hydrogens is 273 g/mol. The normalized spacial score (nSPS) is 10.9. The van der Waals surface area contributed by atoms with E-state index in [1.807, 2.05) is 0 Å². The molecule has 0 unspecified atom stereocenters. The molecule has 3 aromatic rings. The molecule has 0 aliphatic heterocycles. The molecule has 102 valence electrons. The molecular formula is C11H7F3N6. The highest BCUT2D eigenvalue weighted by Gasteiger charge is 2.15. The molecule has 0 atom stereocenters. The third-order valence-corrected chi connectivity index (χ3v) is 2.62. The van der Waals surface area contributed by atoms with Gasteiger partial charge in [-0.15, -0.1) is 0 Å². The van der Waals surface area contributed by atoms with Crippen molar-refractivity contribution in [1.82, 2.24) is 20.2 Å². The van der Waals surface area contributed by atoms with Crippen molar-refractivity contribution in [1.29, 1.82) is 0 Å². The minimum Gasteiger partial charge on any atom is -0.368 e. The van der Waals surface area contributed by atoms with Crippen LogP contribution in [0.25, 0.3) is 11.0 Å². The van der Waals surface area contributed by atoms with Crippen LogP contribution in [0.3, 0.4) is 0 Å². The van der Waals surface area contributed by atoms with E-state index >= 15 is 0 Å². The van der Waals surface area contributed by atoms with E-state index in [-0.39, 0.29) is 17.5 Å². The van der Waals surface area contributed by atoms with E-state index in [0.29, 0.717) is 11.0 Å². The molecule has 4 N–H and O–H groups in total. The Bertz CT molecular complexity index is 800. The molecule has 6 nitrogen and oxygen atoms in total. The number of fused-ring (bicyclic) bond motifs is 1. The van der Waals surface area contributed by atoms with Gasteiger partial charge in [0.1, 0.15) is 5.82 Å². The van der Waals surface area contributed by atoms with Gasteiger partial charge in [0.15, 0.2) is 23.1 Å². The summed E-state index contributed by atoms with van der Waals surface area (Å²) in [5.74, 6) is -4.14. The van der Waals surface area contributed by atoms with Crippen molar-refractivity contribution in [3.63, 3.8) is 0 Å². The van der Waals surface area contributed by atoms with E-state index < -0.39 is 17.5 Å². The number of nitrogens with one attached hydrogen (secondary N) is 2. The number of benzene rings is 1. The van der Waals surface area contributed by atoms with Gasteiger partial charge in [-0.1, -0.05) is 0 Å². The summed E-state index contributed by atoms with van der Waals surface area (Å²) in [6, 6.07) is 1.86. The molecule has 0 aliphatic rings. The maximum Gasteiger partial charge on any atom is 0.224 e. The predicted molar refractivity (Wildman–Crippen MR) is 65.7 cm³/mol. The Morgan fingerprint density at radius 3 is 2.70 bits per heavy atom. The van der Waals surface area contributed by atoms with Gasteiger partial charge in [-0.3, -0.25) is 5.10 Å². The molecule has 0 amide bonds. The van der Waals surface area contributed by atoms with Gasteiger partial charge in [-0.2, -0.15) is 15.1 Å². The predicted octanol–water partition coefficient (Wildman–Crippen LogP) is 2.10. The number of aromatic nitrogens is 4. The number of nitrogens with two attached hydrogens (primary N) is 1. The molecule has 2 aromatic heterocycles. The van der Waals surface area contributed by atoms with Gasteiger partial charge in [-0.25, -0.2) is 13.2 Å². The first-order valence-electron chi connectivity index (χ1n) is 5.43. The van der Waals surface area contributed by atoms with Crippen molar-refractivity contribution in [3.8, 4) is 0 Å². The molecule has 0 saturated heterocycles. The van der Waals surface area contributed by atoms with Crippen LogP contribution in [-0.2, 0) is 0 Å². The maximum atomic E-state index is 13.6.